The molecular weight excluding hydrogens is 336 g/mol. The van der Waals surface area contributed by atoms with Crippen molar-refractivity contribution >= 4 is 15.9 Å². The van der Waals surface area contributed by atoms with Gasteiger partial charge in [-0.2, -0.15) is 4.31 Å². The topological polar surface area (TPSA) is 66.5 Å². The zero-order valence-electron chi connectivity index (χ0n) is 14.6. The van der Waals surface area contributed by atoms with E-state index in [-0.39, 0.29) is 17.3 Å². The number of sulfonamides is 1. The first-order valence-corrected chi connectivity index (χ1v) is 9.85. The molecule has 0 aliphatic heterocycles. The average Bonchev–Trinajstić information content (AvgIpc) is 2.65. The number of rotatable bonds is 8. The van der Waals surface area contributed by atoms with Gasteiger partial charge >= 0.3 is 0 Å². The predicted molar refractivity (Wildman–Crippen MR) is 98.8 cm³/mol. The lowest BCUT2D eigenvalue weighted by Gasteiger charge is -2.20. The highest BCUT2D eigenvalue weighted by molar-refractivity contribution is 7.89. The normalized spacial score (nSPS) is 11.5. The smallest absolute Gasteiger partial charge is 0.251 e. The molecule has 0 heterocycles. The van der Waals surface area contributed by atoms with Crippen LogP contribution in [-0.4, -0.2) is 31.7 Å². The second kappa shape index (κ2) is 8.78. The fraction of sp³-hybridized carbons (Fsp3) is 0.316. The molecule has 134 valence electrons. The Labute approximate surface area is 149 Å². The van der Waals surface area contributed by atoms with E-state index in [1.54, 1.807) is 54.6 Å². The summed E-state index contributed by atoms with van der Waals surface area (Å²) in [6.45, 7) is 5.09. The highest BCUT2D eigenvalue weighted by atomic mass is 32.2. The van der Waals surface area contributed by atoms with Crippen LogP contribution in [0.15, 0.2) is 59.5 Å². The van der Waals surface area contributed by atoms with Gasteiger partial charge in [-0.05, 0) is 36.2 Å². The number of nitrogens with one attached hydrogen (secondary N) is 1. The van der Waals surface area contributed by atoms with Crippen molar-refractivity contribution in [2.24, 2.45) is 0 Å². The van der Waals surface area contributed by atoms with Crippen molar-refractivity contribution in [1.29, 1.82) is 0 Å². The molecule has 0 aliphatic carbocycles. The van der Waals surface area contributed by atoms with Gasteiger partial charge < -0.3 is 5.32 Å². The highest BCUT2D eigenvalue weighted by Gasteiger charge is 2.22. The van der Waals surface area contributed by atoms with E-state index in [0.717, 1.165) is 12.0 Å². The molecule has 2 rings (SSSR count). The molecule has 6 heteroatoms. The second-order valence-corrected chi connectivity index (χ2v) is 7.64. The van der Waals surface area contributed by atoms with Gasteiger partial charge in [-0.1, -0.05) is 44.2 Å². The largest absolute Gasteiger partial charge is 0.352 e. The van der Waals surface area contributed by atoms with Crippen molar-refractivity contribution in [3.8, 4) is 0 Å². The molecule has 0 saturated carbocycles. The van der Waals surface area contributed by atoms with Crippen molar-refractivity contribution in [3.63, 3.8) is 0 Å². The molecule has 0 spiro atoms. The maximum absolute atomic E-state index is 12.7. The molecule has 0 aromatic heterocycles. The average molecular weight is 360 g/mol. The lowest BCUT2D eigenvalue weighted by atomic mass is 10.1. The standard InChI is InChI=1S/C19H24N2O3S/c1-3-14-20-19(22)17-12-10-16(11-13-17)15-21(4-2)25(23,24)18-8-6-5-7-9-18/h5-13H,3-4,14-15H2,1-2H3,(H,20,22). The van der Waals surface area contributed by atoms with Crippen molar-refractivity contribution in [1.82, 2.24) is 9.62 Å². The molecule has 2 aromatic carbocycles. The lowest BCUT2D eigenvalue weighted by Crippen LogP contribution is -2.30. The number of amides is 1. The Kier molecular flexibility index (Phi) is 6.73. The zero-order chi connectivity index (χ0) is 18.3. The van der Waals surface area contributed by atoms with Gasteiger partial charge in [0, 0.05) is 25.2 Å². The molecule has 0 saturated heterocycles. The molecular formula is C19H24N2O3S. The fourth-order valence-corrected chi connectivity index (χ4v) is 3.87. The minimum Gasteiger partial charge on any atom is -0.352 e. The van der Waals surface area contributed by atoms with Gasteiger partial charge in [-0.25, -0.2) is 8.42 Å². The molecule has 25 heavy (non-hydrogen) atoms. The van der Waals surface area contributed by atoms with Gasteiger partial charge in [0.25, 0.3) is 5.91 Å². The van der Waals surface area contributed by atoms with E-state index in [4.69, 9.17) is 0 Å². The summed E-state index contributed by atoms with van der Waals surface area (Å²) in [6.07, 6.45) is 0.882. The van der Waals surface area contributed by atoms with Crippen molar-refractivity contribution < 1.29 is 13.2 Å². The van der Waals surface area contributed by atoms with Gasteiger partial charge in [-0.15, -0.1) is 0 Å². The summed E-state index contributed by atoms with van der Waals surface area (Å²) in [6, 6.07) is 15.4. The van der Waals surface area contributed by atoms with E-state index in [1.807, 2.05) is 13.8 Å². The number of carbonyl (C=O) groups excluding carboxylic acids is 1. The summed E-state index contributed by atoms with van der Waals surface area (Å²) < 4.78 is 26.9. The van der Waals surface area contributed by atoms with Crippen LogP contribution in [0.25, 0.3) is 0 Å². The summed E-state index contributed by atoms with van der Waals surface area (Å²) in [4.78, 5) is 12.2. The van der Waals surface area contributed by atoms with E-state index in [2.05, 4.69) is 5.32 Å². The van der Waals surface area contributed by atoms with E-state index >= 15 is 0 Å². The number of nitrogens with zero attached hydrogens (tertiary/aromatic N) is 1. The maximum atomic E-state index is 12.7. The Morgan fingerprint density at radius 3 is 2.20 bits per heavy atom. The molecule has 0 aliphatic rings. The second-order valence-electron chi connectivity index (χ2n) is 5.70. The fourth-order valence-electron chi connectivity index (χ4n) is 2.41. The van der Waals surface area contributed by atoms with Crippen LogP contribution in [0.5, 0.6) is 0 Å². The van der Waals surface area contributed by atoms with Crippen LogP contribution in [0.2, 0.25) is 0 Å². The monoisotopic (exact) mass is 360 g/mol. The summed E-state index contributed by atoms with van der Waals surface area (Å²) in [7, 11) is -3.53. The summed E-state index contributed by atoms with van der Waals surface area (Å²) >= 11 is 0. The van der Waals surface area contributed by atoms with Crippen LogP contribution >= 0.6 is 0 Å². The molecule has 0 atom stereocenters. The first-order chi connectivity index (χ1) is 12.0. The molecule has 2 aromatic rings. The minimum atomic E-state index is -3.53. The number of hydrogen-bond acceptors (Lipinski definition) is 3. The van der Waals surface area contributed by atoms with E-state index in [1.165, 1.54) is 4.31 Å². The van der Waals surface area contributed by atoms with E-state index < -0.39 is 10.0 Å². The third-order valence-corrected chi connectivity index (χ3v) is 5.78. The third-order valence-electron chi connectivity index (χ3n) is 3.84. The Bertz CT molecular complexity index is 787. The van der Waals surface area contributed by atoms with Crippen molar-refractivity contribution in [2.45, 2.75) is 31.7 Å². The molecule has 0 fully saturated rings. The van der Waals surface area contributed by atoms with Crippen molar-refractivity contribution in [3.05, 3.63) is 65.7 Å². The minimum absolute atomic E-state index is 0.113. The van der Waals surface area contributed by atoms with Gasteiger partial charge in [0.2, 0.25) is 10.0 Å². The van der Waals surface area contributed by atoms with Crippen LogP contribution in [0.3, 0.4) is 0 Å². The Morgan fingerprint density at radius 1 is 1.00 bits per heavy atom. The molecule has 0 bridgehead atoms. The van der Waals surface area contributed by atoms with Crippen LogP contribution < -0.4 is 5.32 Å². The lowest BCUT2D eigenvalue weighted by molar-refractivity contribution is 0.0953. The maximum Gasteiger partial charge on any atom is 0.251 e. The Balaban J connectivity index is 2.13. The van der Waals surface area contributed by atoms with Crippen LogP contribution in [0, 0.1) is 0 Å². The van der Waals surface area contributed by atoms with Crippen LogP contribution in [0.1, 0.15) is 36.2 Å². The first-order valence-electron chi connectivity index (χ1n) is 8.41. The number of carbonyl (C=O) groups is 1. The van der Waals surface area contributed by atoms with Gasteiger partial charge in [-0.3, -0.25) is 4.79 Å². The molecule has 0 radical (unpaired) electrons. The summed E-state index contributed by atoms with van der Waals surface area (Å²) in [5.41, 5.74) is 1.42. The Morgan fingerprint density at radius 2 is 1.64 bits per heavy atom. The molecule has 0 unspecified atom stereocenters. The van der Waals surface area contributed by atoms with Gasteiger partial charge in [0.15, 0.2) is 0 Å². The predicted octanol–water partition coefficient (Wildman–Crippen LogP) is 3.04. The third kappa shape index (κ3) is 4.90. The van der Waals surface area contributed by atoms with Gasteiger partial charge in [0.05, 0.1) is 4.90 Å². The summed E-state index contributed by atoms with van der Waals surface area (Å²) in [5, 5.41) is 2.82. The highest BCUT2D eigenvalue weighted by Crippen LogP contribution is 2.18. The zero-order valence-corrected chi connectivity index (χ0v) is 15.4. The van der Waals surface area contributed by atoms with E-state index in [0.29, 0.717) is 18.7 Å². The van der Waals surface area contributed by atoms with E-state index in [9.17, 15) is 13.2 Å². The molecule has 1 amide bonds. The quantitative estimate of drug-likeness (QED) is 0.787. The van der Waals surface area contributed by atoms with Crippen molar-refractivity contribution in [2.75, 3.05) is 13.1 Å². The first kappa shape index (κ1) is 19.1. The number of benzene rings is 2. The summed E-state index contributed by atoms with van der Waals surface area (Å²) in [5.74, 6) is -0.113. The van der Waals surface area contributed by atoms with Gasteiger partial charge in [0.1, 0.15) is 0 Å². The number of hydrogen-bond donors (Lipinski definition) is 1. The Hall–Kier alpha value is -2.18. The molecule has 1 N–H and O–H groups in total. The molecule has 5 nitrogen and oxygen atoms in total. The van der Waals surface area contributed by atoms with Crippen LogP contribution in [-0.2, 0) is 16.6 Å². The SMILES string of the molecule is CCCNC(=O)c1ccc(CN(CC)S(=O)(=O)c2ccccc2)cc1. The van der Waals surface area contributed by atoms with Crippen LogP contribution in [0.4, 0.5) is 0 Å².